The van der Waals surface area contributed by atoms with Gasteiger partial charge in [0.05, 0.1) is 27.3 Å². The number of hydrogen-bond acceptors (Lipinski definition) is 4. The van der Waals surface area contributed by atoms with Crippen molar-refractivity contribution in [3.8, 4) is 0 Å². The summed E-state index contributed by atoms with van der Waals surface area (Å²) in [6.45, 7) is 12.1. The van der Waals surface area contributed by atoms with E-state index in [0.717, 1.165) is 23.7 Å². The van der Waals surface area contributed by atoms with Gasteiger partial charge in [0.15, 0.2) is 0 Å². The molecule has 3 aromatic rings. The molecule has 0 amide bonds. The van der Waals surface area contributed by atoms with Gasteiger partial charge in [-0.1, -0.05) is 40.0 Å². The summed E-state index contributed by atoms with van der Waals surface area (Å²) in [6, 6.07) is 6.76. The first-order chi connectivity index (χ1) is 14.6. The molecule has 1 fully saturated rings. The molecule has 2 aromatic heterocycles. The van der Waals surface area contributed by atoms with E-state index in [2.05, 4.69) is 73.8 Å². The largest absolute Gasteiger partial charge is 0.327 e. The third-order valence-corrected chi connectivity index (χ3v) is 7.86. The maximum atomic E-state index is 5.15. The van der Waals surface area contributed by atoms with E-state index in [1.165, 1.54) is 59.7 Å². The van der Waals surface area contributed by atoms with Crippen molar-refractivity contribution in [1.29, 1.82) is 0 Å². The maximum Gasteiger partial charge on any atom is 0.115 e. The third kappa shape index (κ3) is 4.50. The number of rotatable bonds is 5. The van der Waals surface area contributed by atoms with Crippen molar-refractivity contribution < 1.29 is 0 Å². The van der Waals surface area contributed by atoms with E-state index in [0.29, 0.717) is 0 Å². The highest BCUT2D eigenvalue weighted by Crippen LogP contribution is 2.35. The van der Waals surface area contributed by atoms with Gasteiger partial charge in [-0.2, -0.15) is 5.10 Å². The molecule has 1 aromatic carbocycles. The molecule has 0 unspecified atom stereocenters. The molecule has 1 aliphatic carbocycles. The van der Waals surface area contributed by atoms with Crippen LogP contribution in [0.4, 0.5) is 5.69 Å². The normalized spacial score (nSPS) is 15.7. The average molecular weight is 440 g/mol. The van der Waals surface area contributed by atoms with Crippen molar-refractivity contribution in [3.05, 3.63) is 35.4 Å². The highest BCUT2D eigenvalue weighted by molar-refractivity contribution is 8.00. The van der Waals surface area contributed by atoms with Crippen LogP contribution in [-0.4, -0.2) is 26.4 Å². The minimum absolute atomic E-state index is 0.0262. The first-order valence-corrected chi connectivity index (χ1v) is 12.3. The smallest absolute Gasteiger partial charge is 0.115 e. The molecule has 1 saturated carbocycles. The summed E-state index contributed by atoms with van der Waals surface area (Å²) in [5.41, 5.74) is 5.84. The standard InChI is InChI=1S/C25H37N5S/c1-17-23(18(2)28(6)27-17)31-29(7)20-13-14-22-21(15-20)26-24(25(3,4)5)30(22)16-19-11-9-8-10-12-19/h13-15,19H,8-12,16H2,1-7H3. The number of anilines is 1. The first kappa shape index (κ1) is 22.3. The number of fused-ring (bicyclic) bond motifs is 1. The van der Waals surface area contributed by atoms with Gasteiger partial charge >= 0.3 is 0 Å². The van der Waals surface area contributed by atoms with Gasteiger partial charge in [-0.3, -0.25) is 4.68 Å². The molecular formula is C25H37N5S. The molecule has 168 valence electrons. The van der Waals surface area contributed by atoms with E-state index in [1.54, 1.807) is 11.9 Å². The predicted molar refractivity (Wildman–Crippen MR) is 132 cm³/mol. The van der Waals surface area contributed by atoms with Crippen LogP contribution < -0.4 is 4.31 Å². The van der Waals surface area contributed by atoms with Crippen LogP contribution >= 0.6 is 11.9 Å². The Morgan fingerprint density at radius 2 is 1.84 bits per heavy atom. The summed E-state index contributed by atoms with van der Waals surface area (Å²) >= 11 is 1.74. The molecule has 2 heterocycles. The lowest BCUT2D eigenvalue weighted by atomic mass is 9.88. The first-order valence-electron chi connectivity index (χ1n) is 11.6. The lowest BCUT2D eigenvalue weighted by Crippen LogP contribution is -2.22. The summed E-state index contributed by atoms with van der Waals surface area (Å²) in [7, 11) is 4.13. The molecule has 0 saturated heterocycles. The number of hydrogen-bond donors (Lipinski definition) is 0. The van der Waals surface area contributed by atoms with Crippen LogP contribution in [0.3, 0.4) is 0 Å². The van der Waals surface area contributed by atoms with Gasteiger partial charge in [-0.15, -0.1) is 0 Å². The zero-order chi connectivity index (χ0) is 22.3. The van der Waals surface area contributed by atoms with Gasteiger partial charge in [-0.05, 0) is 62.8 Å². The van der Waals surface area contributed by atoms with Crippen molar-refractivity contribution in [2.24, 2.45) is 13.0 Å². The topological polar surface area (TPSA) is 38.9 Å². The highest BCUT2D eigenvalue weighted by atomic mass is 32.2. The number of imidazole rings is 1. The Morgan fingerprint density at radius 1 is 1.13 bits per heavy atom. The average Bonchev–Trinajstić information content (AvgIpc) is 3.20. The summed E-state index contributed by atoms with van der Waals surface area (Å²) in [5.74, 6) is 1.99. The molecule has 0 atom stereocenters. The summed E-state index contributed by atoms with van der Waals surface area (Å²) < 4.78 is 6.70. The zero-order valence-electron chi connectivity index (χ0n) is 20.2. The van der Waals surface area contributed by atoms with Crippen LogP contribution in [0.25, 0.3) is 11.0 Å². The molecule has 6 heteroatoms. The SMILES string of the molecule is Cc1nn(C)c(C)c1SN(C)c1ccc2c(c1)nc(C(C)(C)C)n2CC1CCCCC1. The van der Waals surface area contributed by atoms with E-state index < -0.39 is 0 Å². The molecule has 0 radical (unpaired) electrons. The highest BCUT2D eigenvalue weighted by Gasteiger charge is 2.25. The summed E-state index contributed by atoms with van der Waals surface area (Å²) in [5, 5.41) is 4.56. The fourth-order valence-electron chi connectivity index (χ4n) is 4.78. The Labute approximate surface area is 191 Å². The monoisotopic (exact) mass is 439 g/mol. The van der Waals surface area contributed by atoms with E-state index in [-0.39, 0.29) is 5.41 Å². The second kappa shape index (κ2) is 8.53. The van der Waals surface area contributed by atoms with Crippen molar-refractivity contribution in [2.45, 2.75) is 83.6 Å². The Morgan fingerprint density at radius 3 is 2.45 bits per heavy atom. The van der Waals surface area contributed by atoms with Crippen LogP contribution in [0.2, 0.25) is 0 Å². The Kier molecular flexibility index (Phi) is 6.12. The van der Waals surface area contributed by atoms with E-state index >= 15 is 0 Å². The molecule has 0 bridgehead atoms. The van der Waals surface area contributed by atoms with Crippen molar-refractivity contribution >= 4 is 28.7 Å². The molecule has 0 spiro atoms. The minimum atomic E-state index is 0.0262. The van der Waals surface area contributed by atoms with Crippen LogP contribution in [0.15, 0.2) is 23.1 Å². The number of aryl methyl sites for hydroxylation is 2. The van der Waals surface area contributed by atoms with Crippen LogP contribution in [0.5, 0.6) is 0 Å². The molecule has 4 rings (SSSR count). The second-order valence-electron chi connectivity index (χ2n) is 10.2. The molecule has 1 aliphatic rings. The quantitative estimate of drug-likeness (QED) is 0.431. The predicted octanol–water partition coefficient (Wildman–Crippen LogP) is 6.41. The lowest BCUT2D eigenvalue weighted by Gasteiger charge is -2.26. The van der Waals surface area contributed by atoms with E-state index in [9.17, 15) is 0 Å². The Balaban J connectivity index is 1.67. The van der Waals surface area contributed by atoms with Crippen LogP contribution in [0.1, 0.15) is 70.1 Å². The zero-order valence-corrected chi connectivity index (χ0v) is 21.0. The van der Waals surface area contributed by atoms with Gasteiger partial charge in [0.25, 0.3) is 0 Å². The van der Waals surface area contributed by atoms with Crippen molar-refractivity contribution in [2.75, 3.05) is 11.4 Å². The second-order valence-corrected chi connectivity index (χ2v) is 11.3. The summed E-state index contributed by atoms with van der Waals surface area (Å²) in [6.07, 6.45) is 6.86. The molecule has 0 N–H and O–H groups in total. The number of benzene rings is 1. The molecule has 0 aliphatic heterocycles. The van der Waals surface area contributed by atoms with Crippen molar-refractivity contribution in [3.63, 3.8) is 0 Å². The fraction of sp³-hybridized carbons (Fsp3) is 0.600. The van der Waals surface area contributed by atoms with Gasteiger partial charge in [0.1, 0.15) is 5.82 Å². The number of aromatic nitrogens is 4. The van der Waals surface area contributed by atoms with Gasteiger partial charge in [0, 0.05) is 31.7 Å². The van der Waals surface area contributed by atoms with Crippen LogP contribution in [-0.2, 0) is 19.0 Å². The van der Waals surface area contributed by atoms with Crippen LogP contribution in [0, 0.1) is 19.8 Å². The lowest BCUT2D eigenvalue weighted by molar-refractivity contribution is 0.313. The number of nitrogens with zero attached hydrogens (tertiary/aromatic N) is 5. The molecule has 31 heavy (non-hydrogen) atoms. The molecular weight excluding hydrogens is 402 g/mol. The Hall–Kier alpha value is -1.95. The van der Waals surface area contributed by atoms with Gasteiger partial charge < -0.3 is 8.87 Å². The van der Waals surface area contributed by atoms with E-state index in [1.807, 2.05) is 11.7 Å². The molecule has 5 nitrogen and oxygen atoms in total. The van der Waals surface area contributed by atoms with Gasteiger partial charge in [0.2, 0.25) is 0 Å². The minimum Gasteiger partial charge on any atom is -0.327 e. The van der Waals surface area contributed by atoms with Gasteiger partial charge in [-0.25, -0.2) is 4.98 Å². The third-order valence-electron chi connectivity index (χ3n) is 6.60. The van der Waals surface area contributed by atoms with E-state index in [4.69, 9.17) is 4.98 Å². The maximum absolute atomic E-state index is 5.15. The fourth-order valence-corrected chi connectivity index (χ4v) is 5.71. The summed E-state index contributed by atoms with van der Waals surface area (Å²) in [4.78, 5) is 6.37. The Bertz CT molecular complexity index is 1070. The van der Waals surface area contributed by atoms with Crippen molar-refractivity contribution in [1.82, 2.24) is 19.3 Å².